The summed E-state index contributed by atoms with van der Waals surface area (Å²) < 4.78 is 21.5. The average Bonchev–Trinajstić information content (AvgIpc) is 2.87. The quantitative estimate of drug-likeness (QED) is 0.614. The van der Waals surface area contributed by atoms with E-state index < -0.39 is 0 Å². The van der Waals surface area contributed by atoms with Gasteiger partial charge < -0.3 is 34.1 Å². The molecule has 1 N–H and O–H groups in total. The van der Waals surface area contributed by atoms with Crippen LogP contribution in [0.5, 0.6) is 23.0 Å². The zero-order valence-electron chi connectivity index (χ0n) is 19.6. The largest absolute Gasteiger partial charge is 0.497 e. The predicted molar refractivity (Wildman–Crippen MR) is 123 cm³/mol. The molecule has 2 aromatic rings. The fourth-order valence-corrected chi connectivity index (χ4v) is 3.76. The Morgan fingerprint density at radius 2 is 1.61 bits per heavy atom. The molecule has 0 atom stereocenters. The van der Waals surface area contributed by atoms with Gasteiger partial charge in [0.05, 0.1) is 28.4 Å². The lowest BCUT2D eigenvalue weighted by atomic mass is 10.1. The number of piperazine rings is 1. The third kappa shape index (κ3) is 5.87. The number of ether oxygens (including phenoxy) is 4. The van der Waals surface area contributed by atoms with E-state index in [0.717, 1.165) is 18.7 Å². The van der Waals surface area contributed by atoms with E-state index in [2.05, 4.69) is 5.32 Å². The Labute approximate surface area is 194 Å². The van der Waals surface area contributed by atoms with Gasteiger partial charge in [-0.05, 0) is 29.8 Å². The van der Waals surface area contributed by atoms with Crippen LogP contribution in [0.25, 0.3) is 0 Å². The second kappa shape index (κ2) is 11.4. The smallest absolute Gasteiger partial charge is 0.254 e. The maximum Gasteiger partial charge on any atom is 0.254 e. The summed E-state index contributed by atoms with van der Waals surface area (Å²) in [5.41, 5.74) is 1.18. The van der Waals surface area contributed by atoms with Crippen molar-refractivity contribution in [2.45, 2.75) is 6.54 Å². The molecule has 1 aliphatic heterocycles. The van der Waals surface area contributed by atoms with Gasteiger partial charge in [-0.25, -0.2) is 0 Å². The van der Waals surface area contributed by atoms with E-state index in [1.807, 2.05) is 24.3 Å². The van der Waals surface area contributed by atoms with E-state index in [1.54, 1.807) is 24.1 Å². The maximum absolute atomic E-state index is 13.6. The molecule has 0 aliphatic carbocycles. The van der Waals surface area contributed by atoms with Gasteiger partial charge in [0.2, 0.25) is 11.7 Å². The number of amides is 2. The molecule has 9 heteroatoms. The third-order valence-electron chi connectivity index (χ3n) is 5.50. The molecule has 0 saturated carbocycles. The lowest BCUT2D eigenvalue weighted by Gasteiger charge is -2.30. The minimum absolute atomic E-state index is 0.0489. The minimum Gasteiger partial charge on any atom is -0.497 e. The summed E-state index contributed by atoms with van der Waals surface area (Å²) >= 11 is 0. The van der Waals surface area contributed by atoms with Crippen LogP contribution in [0.1, 0.15) is 15.9 Å². The van der Waals surface area contributed by atoms with Crippen molar-refractivity contribution >= 4 is 11.8 Å². The number of nitrogens with zero attached hydrogens (tertiary/aromatic N) is 2. The van der Waals surface area contributed by atoms with Crippen LogP contribution in [0.3, 0.4) is 0 Å². The summed E-state index contributed by atoms with van der Waals surface area (Å²) in [6.07, 6.45) is 0. The van der Waals surface area contributed by atoms with Crippen LogP contribution in [-0.4, -0.2) is 82.8 Å². The highest BCUT2D eigenvalue weighted by Crippen LogP contribution is 2.38. The van der Waals surface area contributed by atoms with Crippen molar-refractivity contribution in [3.05, 3.63) is 47.5 Å². The first-order chi connectivity index (χ1) is 16.0. The Morgan fingerprint density at radius 1 is 0.939 bits per heavy atom. The molecule has 0 spiro atoms. The van der Waals surface area contributed by atoms with Crippen LogP contribution in [0, 0.1) is 0 Å². The maximum atomic E-state index is 13.6. The lowest BCUT2D eigenvalue weighted by molar-refractivity contribution is -0.132. The molecule has 2 amide bonds. The first kappa shape index (κ1) is 24.2. The Morgan fingerprint density at radius 3 is 2.18 bits per heavy atom. The number of rotatable bonds is 9. The molecule has 1 aliphatic rings. The monoisotopic (exact) mass is 457 g/mol. The van der Waals surface area contributed by atoms with E-state index in [0.29, 0.717) is 41.7 Å². The summed E-state index contributed by atoms with van der Waals surface area (Å²) in [7, 11) is 6.08. The second-order valence-corrected chi connectivity index (χ2v) is 7.56. The van der Waals surface area contributed by atoms with E-state index in [4.69, 9.17) is 18.9 Å². The summed E-state index contributed by atoms with van der Waals surface area (Å²) in [4.78, 5) is 29.9. The van der Waals surface area contributed by atoms with E-state index in [1.165, 1.54) is 26.2 Å². The predicted octanol–water partition coefficient (Wildman–Crippen LogP) is 1.80. The summed E-state index contributed by atoms with van der Waals surface area (Å²) in [6, 6.07) is 10.6. The zero-order valence-corrected chi connectivity index (χ0v) is 19.6. The molecule has 33 heavy (non-hydrogen) atoms. The van der Waals surface area contributed by atoms with Crippen molar-refractivity contribution in [3.63, 3.8) is 0 Å². The van der Waals surface area contributed by atoms with Crippen LogP contribution in [0.4, 0.5) is 0 Å². The molecular formula is C24H31N3O6. The van der Waals surface area contributed by atoms with Gasteiger partial charge in [0.15, 0.2) is 11.5 Å². The Kier molecular flexibility index (Phi) is 8.37. The number of benzene rings is 2. The molecule has 0 unspecified atom stereocenters. The number of hydrogen-bond donors (Lipinski definition) is 1. The molecule has 0 aromatic heterocycles. The minimum atomic E-state index is -0.319. The van der Waals surface area contributed by atoms with Crippen molar-refractivity contribution in [3.8, 4) is 23.0 Å². The fourth-order valence-electron chi connectivity index (χ4n) is 3.76. The first-order valence-electron chi connectivity index (χ1n) is 10.7. The van der Waals surface area contributed by atoms with Crippen LogP contribution in [-0.2, 0) is 11.3 Å². The molecule has 1 saturated heterocycles. The van der Waals surface area contributed by atoms with Gasteiger partial charge >= 0.3 is 0 Å². The molecule has 3 rings (SSSR count). The Balaban J connectivity index is 1.93. The van der Waals surface area contributed by atoms with Crippen molar-refractivity contribution in [1.82, 2.24) is 15.1 Å². The highest BCUT2D eigenvalue weighted by Gasteiger charge is 2.26. The first-order valence-corrected chi connectivity index (χ1v) is 10.7. The molecule has 1 fully saturated rings. The SMILES string of the molecule is COc1cccc(CN(CC(=O)N2CCNCC2)C(=O)c2cc(OC)c(OC)c(OC)c2)c1. The standard InChI is InChI=1S/C24H31N3O6/c1-30-19-7-5-6-17(12-19)15-27(16-22(28)26-10-8-25-9-11-26)24(29)18-13-20(31-2)23(33-4)21(14-18)32-3/h5-7,12-14,25H,8-11,15-16H2,1-4H3. The topological polar surface area (TPSA) is 89.6 Å². The fraction of sp³-hybridized carbons (Fsp3) is 0.417. The number of methoxy groups -OCH3 is 4. The van der Waals surface area contributed by atoms with Crippen molar-refractivity contribution in [1.29, 1.82) is 0 Å². The number of hydrogen-bond acceptors (Lipinski definition) is 7. The summed E-state index contributed by atoms with van der Waals surface area (Å²) in [5.74, 6) is 1.40. The van der Waals surface area contributed by atoms with Crippen molar-refractivity contribution in [2.75, 3.05) is 61.2 Å². The van der Waals surface area contributed by atoms with Gasteiger partial charge in [-0.3, -0.25) is 9.59 Å². The highest BCUT2D eigenvalue weighted by molar-refractivity contribution is 5.97. The van der Waals surface area contributed by atoms with Gasteiger partial charge in [0.25, 0.3) is 5.91 Å². The molecular weight excluding hydrogens is 426 g/mol. The molecule has 9 nitrogen and oxygen atoms in total. The average molecular weight is 458 g/mol. The van der Waals surface area contributed by atoms with E-state index in [-0.39, 0.29) is 24.9 Å². The Hall–Kier alpha value is -3.46. The molecule has 0 bridgehead atoms. The van der Waals surface area contributed by atoms with Gasteiger partial charge in [-0.15, -0.1) is 0 Å². The second-order valence-electron chi connectivity index (χ2n) is 7.56. The van der Waals surface area contributed by atoms with Crippen LogP contribution >= 0.6 is 0 Å². The lowest BCUT2D eigenvalue weighted by Crippen LogP contribution is -2.50. The highest BCUT2D eigenvalue weighted by atomic mass is 16.5. The summed E-state index contributed by atoms with van der Waals surface area (Å²) in [5, 5.41) is 3.23. The molecule has 1 heterocycles. The summed E-state index contributed by atoms with van der Waals surface area (Å²) in [6.45, 7) is 2.90. The zero-order chi connectivity index (χ0) is 23.8. The number of carbonyl (C=O) groups excluding carboxylic acids is 2. The Bertz CT molecular complexity index is 949. The van der Waals surface area contributed by atoms with Gasteiger partial charge in [-0.1, -0.05) is 12.1 Å². The van der Waals surface area contributed by atoms with Crippen LogP contribution in [0.2, 0.25) is 0 Å². The van der Waals surface area contributed by atoms with Gasteiger partial charge in [0, 0.05) is 38.3 Å². The molecule has 178 valence electrons. The number of nitrogens with one attached hydrogen (secondary N) is 1. The molecule has 2 aromatic carbocycles. The van der Waals surface area contributed by atoms with Gasteiger partial charge in [0.1, 0.15) is 12.3 Å². The van der Waals surface area contributed by atoms with Crippen LogP contribution < -0.4 is 24.3 Å². The normalized spacial score (nSPS) is 13.3. The van der Waals surface area contributed by atoms with Gasteiger partial charge in [-0.2, -0.15) is 0 Å². The third-order valence-corrected chi connectivity index (χ3v) is 5.50. The van der Waals surface area contributed by atoms with E-state index in [9.17, 15) is 9.59 Å². The van der Waals surface area contributed by atoms with Crippen molar-refractivity contribution < 1.29 is 28.5 Å². The van der Waals surface area contributed by atoms with E-state index >= 15 is 0 Å². The van der Waals surface area contributed by atoms with Crippen molar-refractivity contribution in [2.24, 2.45) is 0 Å². The number of carbonyl (C=O) groups is 2. The molecule has 0 radical (unpaired) electrons. The van der Waals surface area contributed by atoms with Crippen LogP contribution in [0.15, 0.2) is 36.4 Å².